The summed E-state index contributed by atoms with van der Waals surface area (Å²) in [7, 11) is 0. The molecule has 1 atom stereocenters. The summed E-state index contributed by atoms with van der Waals surface area (Å²) in [6.07, 6.45) is 0.367. The van der Waals surface area contributed by atoms with Crippen LogP contribution in [0.3, 0.4) is 0 Å². The zero-order chi connectivity index (χ0) is 18.8. The van der Waals surface area contributed by atoms with Crippen molar-refractivity contribution < 1.29 is 9.18 Å². The first-order valence-corrected chi connectivity index (χ1v) is 8.54. The van der Waals surface area contributed by atoms with E-state index >= 15 is 0 Å². The third-order valence-corrected chi connectivity index (χ3v) is 4.47. The molecule has 1 heterocycles. The molecule has 0 aliphatic heterocycles. The molecular weight excluding hydrogens is 357 g/mol. The number of fused-ring (bicyclic) bond motifs is 1. The molecule has 0 saturated carbocycles. The molecule has 0 saturated heterocycles. The number of aromatic nitrogens is 2. The van der Waals surface area contributed by atoms with Crippen LogP contribution in [-0.2, 0) is 4.79 Å². The molecule has 0 spiro atoms. The molecule has 0 aliphatic rings. The van der Waals surface area contributed by atoms with E-state index in [1.165, 1.54) is 22.9 Å². The number of hydrogen-bond donors (Lipinski definition) is 1. The first kappa shape index (κ1) is 18.1. The Morgan fingerprint density at radius 3 is 2.62 bits per heavy atom. The first-order chi connectivity index (χ1) is 12.4. The Balaban J connectivity index is 1.99. The third-order valence-electron chi connectivity index (χ3n) is 4.18. The van der Waals surface area contributed by atoms with Crippen LogP contribution in [0.15, 0.2) is 47.3 Å². The summed E-state index contributed by atoms with van der Waals surface area (Å²) in [4.78, 5) is 25.5. The van der Waals surface area contributed by atoms with Gasteiger partial charge in [-0.05, 0) is 37.6 Å². The lowest BCUT2D eigenvalue weighted by Gasteiger charge is -2.18. The van der Waals surface area contributed by atoms with Gasteiger partial charge in [-0.15, -0.1) is 0 Å². The molecule has 26 heavy (non-hydrogen) atoms. The van der Waals surface area contributed by atoms with Gasteiger partial charge >= 0.3 is 0 Å². The van der Waals surface area contributed by atoms with E-state index in [1.807, 2.05) is 12.1 Å². The van der Waals surface area contributed by atoms with E-state index in [-0.39, 0.29) is 10.6 Å². The maximum absolute atomic E-state index is 13.3. The smallest absolute Gasteiger partial charge is 0.275 e. The van der Waals surface area contributed by atoms with Crippen LogP contribution in [0.1, 0.15) is 25.1 Å². The van der Waals surface area contributed by atoms with Gasteiger partial charge in [0.15, 0.2) is 0 Å². The molecule has 3 rings (SSSR count). The zero-order valence-electron chi connectivity index (χ0n) is 14.3. The van der Waals surface area contributed by atoms with Gasteiger partial charge in [0.2, 0.25) is 5.91 Å². The van der Waals surface area contributed by atoms with Gasteiger partial charge in [0.1, 0.15) is 11.9 Å². The lowest BCUT2D eigenvalue weighted by molar-refractivity contribution is -0.119. The van der Waals surface area contributed by atoms with Gasteiger partial charge in [0, 0.05) is 11.1 Å². The molecule has 2 aromatic carbocycles. The number of carbonyl (C=O) groups excluding carboxylic acids is 1. The van der Waals surface area contributed by atoms with Gasteiger partial charge in [0.25, 0.3) is 5.56 Å². The number of nitrogens with zero attached hydrogens (tertiary/aromatic N) is 2. The molecule has 1 amide bonds. The Labute approximate surface area is 154 Å². The highest BCUT2D eigenvalue weighted by molar-refractivity contribution is 6.31. The van der Waals surface area contributed by atoms with Crippen molar-refractivity contribution in [1.29, 1.82) is 0 Å². The second kappa shape index (κ2) is 7.25. The quantitative estimate of drug-likeness (QED) is 0.749. The van der Waals surface area contributed by atoms with Gasteiger partial charge in [-0.1, -0.05) is 36.7 Å². The highest BCUT2D eigenvalue weighted by Crippen LogP contribution is 2.21. The summed E-state index contributed by atoms with van der Waals surface area (Å²) < 4.78 is 14.5. The number of hydrogen-bond acceptors (Lipinski definition) is 3. The molecular formula is C19H17ClFN3O2. The van der Waals surface area contributed by atoms with E-state index in [0.717, 1.165) is 5.39 Å². The van der Waals surface area contributed by atoms with Crippen molar-refractivity contribution in [3.8, 4) is 0 Å². The van der Waals surface area contributed by atoms with E-state index in [1.54, 1.807) is 26.0 Å². The van der Waals surface area contributed by atoms with E-state index in [4.69, 9.17) is 11.6 Å². The number of benzene rings is 2. The molecule has 0 radical (unpaired) electrons. The summed E-state index contributed by atoms with van der Waals surface area (Å²) in [6, 6.07) is 10.3. The number of amides is 1. The molecule has 3 aromatic rings. The van der Waals surface area contributed by atoms with Gasteiger partial charge in [-0.25, -0.2) is 9.07 Å². The zero-order valence-corrected chi connectivity index (χ0v) is 15.0. The number of rotatable bonds is 4. The van der Waals surface area contributed by atoms with Crippen LogP contribution in [0.5, 0.6) is 0 Å². The average molecular weight is 374 g/mol. The highest BCUT2D eigenvalue weighted by atomic mass is 35.5. The molecule has 0 fully saturated rings. The predicted octanol–water partition coefficient (Wildman–Crippen LogP) is 4.09. The molecule has 7 heteroatoms. The summed E-state index contributed by atoms with van der Waals surface area (Å²) in [5.41, 5.74) is 0.687. The van der Waals surface area contributed by atoms with Crippen molar-refractivity contribution in [3.05, 3.63) is 69.4 Å². The second-order valence-corrected chi connectivity index (χ2v) is 6.33. The van der Waals surface area contributed by atoms with E-state index in [2.05, 4.69) is 10.4 Å². The number of nitrogens with one attached hydrogen (secondary N) is 1. The first-order valence-electron chi connectivity index (χ1n) is 8.16. The Morgan fingerprint density at radius 2 is 1.96 bits per heavy atom. The Kier molecular flexibility index (Phi) is 5.04. The van der Waals surface area contributed by atoms with Crippen molar-refractivity contribution >= 4 is 34.0 Å². The molecule has 0 unspecified atom stereocenters. The molecule has 0 aliphatic carbocycles. The molecule has 5 nitrogen and oxygen atoms in total. The SMILES string of the molecule is CC[C@@H](C(=O)Nc1ccc(F)c(Cl)c1)n1nc(C)c2ccccc2c1=O. The lowest BCUT2D eigenvalue weighted by Crippen LogP contribution is -2.35. The number of halogens is 2. The average Bonchev–Trinajstić information content (AvgIpc) is 2.63. The van der Waals surface area contributed by atoms with Gasteiger partial charge < -0.3 is 5.32 Å². The summed E-state index contributed by atoms with van der Waals surface area (Å²) >= 11 is 5.75. The molecule has 1 aromatic heterocycles. The monoisotopic (exact) mass is 373 g/mol. The maximum atomic E-state index is 13.3. The van der Waals surface area contributed by atoms with Gasteiger partial charge in [0.05, 0.1) is 16.1 Å². The standard InChI is InChI=1S/C19H17ClFN3O2/c1-3-17(18(25)22-12-8-9-16(21)15(20)10-12)24-19(26)14-7-5-4-6-13(14)11(2)23-24/h4-10,17H,3H2,1-2H3,(H,22,25)/t17-/m0/s1. The minimum Gasteiger partial charge on any atom is -0.324 e. The number of aryl methyl sites for hydroxylation is 1. The molecule has 0 bridgehead atoms. The van der Waals surface area contributed by atoms with Crippen molar-refractivity contribution in [2.75, 3.05) is 5.32 Å². The highest BCUT2D eigenvalue weighted by Gasteiger charge is 2.23. The summed E-state index contributed by atoms with van der Waals surface area (Å²) in [5.74, 6) is -0.987. The minimum atomic E-state index is -0.797. The van der Waals surface area contributed by atoms with Gasteiger partial charge in [-0.3, -0.25) is 9.59 Å². The molecule has 134 valence electrons. The number of carbonyl (C=O) groups is 1. The van der Waals surface area contributed by atoms with Crippen LogP contribution in [0.2, 0.25) is 5.02 Å². The van der Waals surface area contributed by atoms with E-state index in [9.17, 15) is 14.0 Å². The summed E-state index contributed by atoms with van der Waals surface area (Å²) in [5, 5.41) is 8.17. The van der Waals surface area contributed by atoms with Crippen LogP contribution >= 0.6 is 11.6 Å². The Bertz CT molecular complexity index is 1050. The fraction of sp³-hybridized carbons (Fsp3) is 0.211. The normalized spacial score (nSPS) is 12.2. The Hall–Kier alpha value is -2.73. The van der Waals surface area contributed by atoms with E-state index < -0.39 is 17.8 Å². The minimum absolute atomic E-state index is 0.0901. The topological polar surface area (TPSA) is 64.0 Å². The fourth-order valence-corrected chi connectivity index (χ4v) is 3.03. The van der Waals surface area contributed by atoms with Crippen molar-refractivity contribution in [1.82, 2.24) is 9.78 Å². The molecule has 1 N–H and O–H groups in total. The van der Waals surface area contributed by atoms with Crippen molar-refractivity contribution in [3.63, 3.8) is 0 Å². The van der Waals surface area contributed by atoms with Crippen LogP contribution in [0, 0.1) is 12.7 Å². The lowest BCUT2D eigenvalue weighted by atomic mass is 10.1. The van der Waals surface area contributed by atoms with Crippen molar-refractivity contribution in [2.24, 2.45) is 0 Å². The Morgan fingerprint density at radius 1 is 1.27 bits per heavy atom. The van der Waals surface area contributed by atoms with Crippen LogP contribution in [0.25, 0.3) is 10.8 Å². The van der Waals surface area contributed by atoms with Crippen LogP contribution in [-0.4, -0.2) is 15.7 Å². The fourth-order valence-electron chi connectivity index (χ4n) is 2.85. The van der Waals surface area contributed by atoms with Crippen molar-refractivity contribution in [2.45, 2.75) is 26.3 Å². The van der Waals surface area contributed by atoms with Gasteiger partial charge in [-0.2, -0.15) is 5.10 Å². The maximum Gasteiger partial charge on any atom is 0.275 e. The van der Waals surface area contributed by atoms with Crippen LogP contribution in [0.4, 0.5) is 10.1 Å². The number of anilines is 1. The van der Waals surface area contributed by atoms with E-state index in [0.29, 0.717) is 23.2 Å². The summed E-state index contributed by atoms with van der Waals surface area (Å²) in [6.45, 7) is 3.59. The predicted molar refractivity (Wildman–Crippen MR) is 100 cm³/mol. The van der Waals surface area contributed by atoms with Crippen LogP contribution < -0.4 is 10.9 Å². The third kappa shape index (κ3) is 3.32. The largest absolute Gasteiger partial charge is 0.324 e. The second-order valence-electron chi connectivity index (χ2n) is 5.92.